The van der Waals surface area contributed by atoms with Gasteiger partial charge in [0.1, 0.15) is 0 Å². The second kappa shape index (κ2) is 7.88. The molecular weight excluding hydrogens is 210 g/mol. The molecule has 1 aromatic rings. The van der Waals surface area contributed by atoms with Gasteiger partial charge in [-0.2, -0.15) is 0 Å². The highest BCUT2D eigenvalue weighted by Crippen LogP contribution is 2.14. The van der Waals surface area contributed by atoms with Crippen molar-refractivity contribution in [2.45, 2.75) is 39.5 Å². The molecular formula is C15H23NO. The first-order chi connectivity index (χ1) is 8.27. The van der Waals surface area contributed by atoms with Crippen LogP contribution in [-0.4, -0.2) is 18.9 Å². The fraction of sp³-hybridized carbons (Fsp3) is 0.533. The number of ketones is 1. The van der Waals surface area contributed by atoms with Crippen LogP contribution in [0.5, 0.6) is 0 Å². The quantitative estimate of drug-likeness (QED) is 0.683. The first kappa shape index (κ1) is 13.8. The van der Waals surface area contributed by atoms with Gasteiger partial charge in [0.15, 0.2) is 5.78 Å². The van der Waals surface area contributed by atoms with Gasteiger partial charge >= 0.3 is 0 Å². The van der Waals surface area contributed by atoms with Crippen molar-refractivity contribution in [3.63, 3.8) is 0 Å². The summed E-state index contributed by atoms with van der Waals surface area (Å²) in [7, 11) is 0. The lowest BCUT2D eigenvalue weighted by Gasteiger charge is -2.23. The minimum atomic E-state index is 0.340. The number of nitrogens with zero attached hydrogens (tertiary/aromatic N) is 1. The summed E-state index contributed by atoms with van der Waals surface area (Å²) in [6.45, 7) is 5.75. The number of hydrogen-bond acceptors (Lipinski definition) is 2. The molecule has 2 heteroatoms. The molecule has 0 aliphatic carbocycles. The number of carbonyl (C=O) groups excluding carboxylic acids is 1. The first-order valence-corrected chi connectivity index (χ1v) is 6.59. The summed E-state index contributed by atoms with van der Waals surface area (Å²) >= 11 is 0. The van der Waals surface area contributed by atoms with Gasteiger partial charge in [0, 0.05) is 18.7 Å². The number of benzene rings is 1. The van der Waals surface area contributed by atoms with E-state index in [0.717, 1.165) is 31.5 Å². The Morgan fingerprint density at radius 1 is 1.12 bits per heavy atom. The predicted molar refractivity (Wildman–Crippen MR) is 73.5 cm³/mol. The molecule has 0 aliphatic heterocycles. The Morgan fingerprint density at radius 3 is 2.41 bits per heavy atom. The maximum atomic E-state index is 11.7. The van der Waals surface area contributed by atoms with Gasteiger partial charge in [0.2, 0.25) is 0 Å². The summed E-state index contributed by atoms with van der Waals surface area (Å²) in [5.74, 6) is 0.340. The van der Waals surface area contributed by atoms with Crippen LogP contribution in [0.2, 0.25) is 0 Å². The van der Waals surface area contributed by atoms with Crippen LogP contribution in [0, 0.1) is 0 Å². The Balaban J connectivity index is 2.63. The van der Waals surface area contributed by atoms with Crippen LogP contribution >= 0.6 is 0 Å². The third kappa shape index (κ3) is 5.03. The highest BCUT2D eigenvalue weighted by atomic mass is 16.1. The molecule has 1 aromatic carbocycles. The zero-order valence-electron chi connectivity index (χ0n) is 11.0. The van der Waals surface area contributed by atoms with Crippen molar-refractivity contribution in [2.75, 3.05) is 18.0 Å². The number of anilines is 1. The van der Waals surface area contributed by atoms with Gasteiger partial charge in [-0.3, -0.25) is 4.79 Å². The number of unbranched alkanes of at least 4 members (excludes halogenated alkanes) is 1. The molecule has 0 radical (unpaired) electrons. The standard InChI is InChI=1S/C15H23NO/c1-3-5-12-16(13-15(17)9-4-2)14-10-7-6-8-11-14/h6-8,10-11H,3-5,9,12-13H2,1-2H3. The molecule has 0 bridgehead atoms. The Hall–Kier alpha value is -1.31. The molecule has 0 atom stereocenters. The fourth-order valence-electron chi connectivity index (χ4n) is 1.86. The Bertz CT molecular complexity index is 321. The van der Waals surface area contributed by atoms with Crippen LogP contribution in [0.1, 0.15) is 39.5 Å². The van der Waals surface area contributed by atoms with E-state index in [-0.39, 0.29) is 0 Å². The predicted octanol–water partition coefficient (Wildman–Crippen LogP) is 3.66. The minimum Gasteiger partial charge on any atom is -0.364 e. The van der Waals surface area contributed by atoms with Crippen LogP contribution in [0.15, 0.2) is 30.3 Å². The van der Waals surface area contributed by atoms with Crippen molar-refractivity contribution < 1.29 is 4.79 Å². The lowest BCUT2D eigenvalue weighted by molar-refractivity contribution is -0.117. The molecule has 0 N–H and O–H groups in total. The average Bonchev–Trinajstić information content (AvgIpc) is 2.36. The van der Waals surface area contributed by atoms with E-state index < -0.39 is 0 Å². The topological polar surface area (TPSA) is 20.3 Å². The SMILES string of the molecule is CCCCN(CC(=O)CCC)c1ccccc1. The van der Waals surface area contributed by atoms with Gasteiger partial charge in [-0.15, -0.1) is 0 Å². The molecule has 0 spiro atoms. The summed E-state index contributed by atoms with van der Waals surface area (Å²) < 4.78 is 0. The first-order valence-electron chi connectivity index (χ1n) is 6.59. The zero-order valence-corrected chi connectivity index (χ0v) is 11.0. The number of rotatable bonds is 8. The van der Waals surface area contributed by atoms with E-state index in [2.05, 4.69) is 30.9 Å². The second-order valence-corrected chi connectivity index (χ2v) is 4.40. The van der Waals surface area contributed by atoms with Crippen molar-refractivity contribution in [1.82, 2.24) is 0 Å². The van der Waals surface area contributed by atoms with E-state index in [1.54, 1.807) is 0 Å². The van der Waals surface area contributed by atoms with Gasteiger partial charge in [-0.25, -0.2) is 0 Å². The van der Waals surface area contributed by atoms with E-state index in [1.165, 1.54) is 0 Å². The average molecular weight is 233 g/mol. The van der Waals surface area contributed by atoms with Gasteiger partial charge in [0.25, 0.3) is 0 Å². The Labute approximate surface area is 105 Å². The van der Waals surface area contributed by atoms with Gasteiger partial charge in [-0.1, -0.05) is 38.5 Å². The van der Waals surface area contributed by atoms with Crippen molar-refractivity contribution in [3.05, 3.63) is 30.3 Å². The molecule has 0 unspecified atom stereocenters. The Morgan fingerprint density at radius 2 is 1.82 bits per heavy atom. The molecule has 0 aromatic heterocycles. The maximum Gasteiger partial charge on any atom is 0.152 e. The lowest BCUT2D eigenvalue weighted by Crippen LogP contribution is -2.30. The third-order valence-corrected chi connectivity index (χ3v) is 2.80. The number of Topliss-reactive ketones (excluding diaryl/α,β-unsaturated/α-hetero) is 1. The molecule has 0 saturated heterocycles. The summed E-state index contributed by atoms with van der Waals surface area (Å²) in [6, 6.07) is 10.2. The van der Waals surface area contributed by atoms with Crippen LogP contribution in [0.3, 0.4) is 0 Å². The maximum absolute atomic E-state index is 11.7. The molecule has 0 aliphatic rings. The summed E-state index contributed by atoms with van der Waals surface area (Å²) in [5.41, 5.74) is 1.16. The van der Waals surface area contributed by atoms with Crippen molar-refractivity contribution in [2.24, 2.45) is 0 Å². The smallest absolute Gasteiger partial charge is 0.152 e. The van der Waals surface area contributed by atoms with Crippen LogP contribution in [0.25, 0.3) is 0 Å². The van der Waals surface area contributed by atoms with E-state index >= 15 is 0 Å². The zero-order chi connectivity index (χ0) is 12.5. The fourth-order valence-corrected chi connectivity index (χ4v) is 1.86. The minimum absolute atomic E-state index is 0.340. The molecule has 2 nitrogen and oxygen atoms in total. The van der Waals surface area contributed by atoms with Crippen molar-refractivity contribution in [1.29, 1.82) is 0 Å². The van der Waals surface area contributed by atoms with Gasteiger partial charge in [-0.05, 0) is 25.0 Å². The lowest BCUT2D eigenvalue weighted by atomic mass is 10.2. The molecule has 0 amide bonds. The van der Waals surface area contributed by atoms with E-state index in [4.69, 9.17) is 0 Å². The largest absolute Gasteiger partial charge is 0.364 e. The van der Waals surface area contributed by atoms with E-state index in [9.17, 15) is 4.79 Å². The highest BCUT2D eigenvalue weighted by molar-refractivity contribution is 5.83. The van der Waals surface area contributed by atoms with Crippen LogP contribution in [-0.2, 0) is 4.79 Å². The van der Waals surface area contributed by atoms with Crippen molar-refractivity contribution in [3.8, 4) is 0 Å². The molecule has 0 saturated carbocycles. The molecule has 0 fully saturated rings. The summed E-state index contributed by atoms with van der Waals surface area (Å²) in [5, 5.41) is 0. The number of hydrogen-bond donors (Lipinski definition) is 0. The van der Waals surface area contributed by atoms with Gasteiger partial charge < -0.3 is 4.90 Å². The summed E-state index contributed by atoms with van der Waals surface area (Å²) in [6.07, 6.45) is 3.92. The second-order valence-electron chi connectivity index (χ2n) is 4.40. The normalized spacial score (nSPS) is 10.2. The summed E-state index contributed by atoms with van der Waals surface area (Å²) in [4.78, 5) is 13.9. The Kier molecular flexibility index (Phi) is 6.38. The van der Waals surface area contributed by atoms with Gasteiger partial charge in [0.05, 0.1) is 6.54 Å². The molecule has 0 heterocycles. The molecule has 94 valence electrons. The van der Waals surface area contributed by atoms with Crippen LogP contribution < -0.4 is 4.90 Å². The molecule has 17 heavy (non-hydrogen) atoms. The van der Waals surface area contributed by atoms with Crippen LogP contribution in [0.4, 0.5) is 5.69 Å². The third-order valence-electron chi connectivity index (χ3n) is 2.80. The van der Waals surface area contributed by atoms with E-state index in [0.29, 0.717) is 18.7 Å². The number of para-hydroxylation sites is 1. The number of carbonyl (C=O) groups is 1. The monoisotopic (exact) mass is 233 g/mol. The van der Waals surface area contributed by atoms with Crippen molar-refractivity contribution >= 4 is 11.5 Å². The van der Waals surface area contributed by atoms with E-state index in [1.807, 2.05) is 18.2 Å². The molecule has 1 rings (SSSR count). The highest BCUT2D eigenvalue weighted by Gasteiger charge is 2.10.